The molecule has 6 nitrogen and oxygen atoms in total. The van der Waals surface area contributed by atoms with Crippen LogP contribution in [0.1, 0.15) is 43.7 Å². The Morgan fingerprint density at radius 3 is 2.72 bits per heavy atom. The van der Waals surface area contributed by atoms with Crippen LogP contribution in [0.4, 0.5) is 0 Å². The molecule has 1 atom stereocenters. The Morgan fingerprint density at radius 1 is 1.36 bits per heavy atom. The number of benzene rings is 1. The Morgan fingerprint density at radius 2 is 2.08 bits per heavy atom. The van der Waals surface area contributed by atoms with Crippen molar-refractivity contribution in [1.82, 2.24) is 9.78 Å². The molecule has 132 valence electrons. The van der Waals surface area contributed by atoms with Crippen molar-refractivity contribution in [3.63, 3.8) is 0 Å². The zero-order chi connectivity index (χ0) is 17.8. The third-order valence-corrected chi connectivity index (χ3v) is 4.73. The molecule has 1 heterocycles. The van der Waals surface area contributed by atoms with Gasteiger partial charge in [0.2, 0.25) is 0 Å². The first-order chi connectivity index (χ1) is 12.0. The van der Waals surface area contributed by atoms with Gasteiger partial charge in [0, 0.05) is 6.07 Å². The molecule has 0 aliphatic heterocycles. The average Bonchev–Trinajstić information content (AvgIpc) is 3.08. The second-order valence-electron chi connectivity index (χ2n) is 6.58. The fraction of sp³-hybridized carbons (Fsp3) is 0.421. The number of nitrogens with zero attached hydrogens (tertiary/aromatic N) is 2. The molecule has 1 unspecified atom stereocenters. The van der Waals surface area contributed by atoms with E-state index < -0.39 is 17.6 Å². The number of carboxylic acid groups (broad SMARTS) is 1. The molecule has 0 radical (unpaired) electrons. The largest absolute Gasteiger partial charge is 0.480 e. The van der Waals surface area contributed by atoms with Crippen molar-refractivity contribution in [3.05, 3.63) is 52.4 Å². The van der Waals surface area contributed by atoms with Crippen LogP contribution in [0.25, 0.3) is 0 Å². The van der Waals surface area contributed by atoms with Crippen LogP contribution in [0, 0.1) is 12.8 Å². The van der Waals surface area contributed by atoms with Gasteiger partial charge in [-0.3, -0.25) is 4.79 Å². The Balaban J connectivity index is 1.81. The number of carbonyl (C=O) groups is 1. The van der Waals surface area contributed by atoms with Gasteiger partial charge in [-0.2, -0.15) is 5.10 Å². The highest BCUT2D eigenvalue weighted by molar-refractivity contribution is 5.71. The molecule has 1 aliphatic carbocycles. The summed E-state index contributed by atoms with van der Waals surface area (Å²) in [6.45, 7) is 1.91. The maximum atomic E-state index is 12.4. The van der Waals surface area contributed by atoms with E-state index >= 15 is 0 Å². The van der Waals surface area contributed by atoms with E-state index in [1.807, 2.05) is 25.1 Å². The summed E-state index contributed by atoms with van der Waals surface area (Å²) in [4.78, 5) is 24.0. The van der Waals surface area contributed by atoms with Crippen LogP contribution in [0.3, 0.4) is 0 Å². The molecule has 6 heteroatoms. The minimum Gasteiger partial charge on any atom is -0.480 e. The lowest BCUT2D eigenvalue weighted by Crippen LogP contribution is -2.32. The first-order valence-electron chi connectivity index (χ1n) is 8.60. The second-order valence-corrected chi connectivity index (χ2v) is 6.58. The van der Waals surface area contributed by atoms with E-state index in [0.717, 1.165) is 35.9 Å². The van der Waals surface area contributed by atoms with Crippen LogP contribution in [-0.2, 0) is 4.79 Å². The highest BCUT2D eigenvalue weighted by Gasteiger charge is 2.28. The van der Waals surface area contributed by atoms with Gasteiger partial charge in [-0.1, -0.05) is 43.9 Å². The number of hydrogen-bond donors (Lipinski definition) is 1. The van der Waals surface area contributed by atoms with Crippen molar-refractivity contribution in [2.75, 3.05) is 0 Å². The van der Waals surface area contributed by atoms with E-state index in [9.17, 15) is 14.7 Å². The number of hydrogen-bond acceptors (Lipinski definition) is 4. The molecule has 25 heavy (non-hydrogen) atoms. The summed E-state index contributed by atoms with van der Waals surface area (Å²) in [5.74, 6) is 0.273. The quantitative estimate of drug-likeness (QED) is 0.868. The predicted molar refractivity (Wildman–Crippen MR) is 93.0 cm³/mol. The molecule has 0 saturated heterocycles. The summed E-state index contributed by atoms with van der Waals surface area (Å²) in [7, 11) is 0. The first kappa shape index (κ1) is 17.2. The molecule has 0 spiro atoms. The lowest BCUT2D eigenvalue weighted by atomic mass is 9.98. The SMILES string of the molecule is Cc1ccccc1Oc1cnn(C(CC2CCCC2)C(=O)O)c(=O)c1. The molecular weight excluding hydrogens is 320 g/mol. The summed E-state index contributed by atoms with van der Waals surface area (Å²) in [5, 5.41) is 13.6. The maximum absolute atomic E-state index is 12.4. The Bertz CT molecular complexity index is 809. The predicted octanol–water partition coefficient (Wildman–Crippen LogP) is 3.55. The highest BCUT2D eigenvalue weighted by atomic mass is 16.5. The normalized spacial score (nSPS) is 15.9. The van der Waals surface area contributed by atoms with E-state index in [0.29, 0.717) is 23.8 Å². The van der Waals surface area contributed by atoms with E-state index in [1.165, 1.54) is 12.3 Å². The molecule has 1 aromatic carbocycles. The molecule has 1 aliphatic rings. The lowest BCUT2D eigenvalue weighted by molar-refractivity contribution is -0.142. The fourth-order valence-corrected chi connectivity index (χ4v) is 3.36. The van der Waals surface area contributed by atoms with Gasteiger partial charge >= 0.3 is 5.97 Å². The van der Waals surface area contributed by atoms with Crippen LogP contribution < -0.4 is 10.3 Å². The molecule has 3 rings (SSSR count). The van der Waals surface area contributed by atoms with Gasteiger partial charge in [-0.25, -0.2) is 9.48 Å². The number of rotatable bonds is 6. The van der Waals surface area contributed by atoms with E-state index in [-0.39, 0.29) is 0 Å². The van der Waals surface area contributed by atoms with Crippen LogP contribution in [0.2, 0.25) is 0 Å². The Hall–Kier alpha value is -2.63. The molecule has 2 aromatic rings. The number of ether oxygens (including phenoxy) is 1. The van der Waals surface area contributed by atoms with Gasteiger partial charge in [-0.15, -0.1) is 0 Å². The van der Waals surface area contributed by atoms with Gasteiger partial charge in [-0.05, 0) is 30.9 Å². The molecule has 0 bridgehead atoms. The summed E-state index contributed by atoms with van der Waals surface area (Å²) < 4.78 is 6.76. The summed E-state index contributed by atoms with van der Waals surface area (Å²) >= 11 is 0. The molecular formula is C19H22N2O4. The first-order valence-corrected chi connectivity index (χ1v) is 8.60. The van der Waals surface area contributed by atoms with Crippen molar-refractivity contribution in [2.24, 2.45) is 5.92 Å². The van der Waals surface area contributed by atoms with Crippen LogP contribution in [-0.4, -0.2) is 20.9 Å². The van der Waals surface area contributed by atoms with Crippen LogP contribution in [0.5, 0.6) is 11.5 Å². The van der Waals surface area contributed by atoms with Gasteiger partial charge < -0.3 is 9.84 Å². The van der Waals surface area contributed by atoms with Crippen LogP contribution >= 0.6 is 0 Å². The zero-order valence-electron chi connectivity index (χ0n) is 14.2. The highest BCUT2D eigenvalue weighted by Crippen LogP contribution is 2.31. The average molecular weight is 342 g/mol. The van der Waals surface area contributed by atoms with Gasteiger partial charge in [0.05, 0.1) is 6.20 Å². The van der Waals surface area contributed by atoms with E-state index in [1.54, 1.807) is 6.07 Å². The number of carboxylic acids is 1. The minimum absolute atomic E-state index is 0.306. The number of aryl methyl sites for hydroxylation is 1. The molecule has 1 fully saturated rings. The Labute approximate surface area is 146 Å². The standard InChI is InChI=1S/C19H22N2O4/c1-13-6-2-5-9-17(13)25-15-11-18(22)21(20-12-15)16(19(23)24)10-14-7-3-4-8-14/h2,5-6,9,11-12,14,16H,3-4,7-8,10H2,1H3,(H,23,24). The molecule has 0 amide bonds. The lowest BCUT2D eigenvalue weighted by Gasteiger charge is -2.18. The number of para-hydroxylation sites is 1. The van der Waals surface area contributed by atoms with Gasteiger partial charge in [0.15, 0.2) is 11.8 Å². The Kier molecular flexibility index (Phi) is 5.16. The van der Waals surface area contributed by atoms with Crippen molar-refractivity contribution < 1.29 is 14.6 Å². The minimum atomic E-state index is -1.02. The van der Waals surface area contributed by atoms with E-state index in [2.05, 4.69) is 5.10 Å². The number of aliphatic carboxylic acids is 1. The smallest absolute Gasteiger partial charge is 0.328 e. The molecule has 1 aromatic heterocycles. The summed E-state index contributed by atoms with van der Waals surface area (Å²) in [5.41, 5.74) is 0.479. The number of aromatic nitrogens is 2. The summed E-state index contributed by atoms with van der Waals surface area (Å²) in [6, 6.07) is 7.83. The van der Waals surface area contributed by atoms with Gasteiger partial charge in [0.25, 0.3) is 5.56 Å². The molecule has 1 saturated carbocycles. The van der Waals surface area contributed by atoms with Crippen molar-refractivity contribution in [2.45, 2.75) is 45.1 Å². The maximum Gasteiger partial charge on any atom is 0.328 e. The third kappa shape index (κ3) is 4.07. The monoisotopic (exact) mass is 342 g/mol. The van der Waals surface area contributed by atoms with Crippen LogP contribution in [0.15, 0.2) is 41.3 Å². The van der Waals surface area contributed by atoms with E-state index in [4.69, 9.17) is 4.74 Å². The van der Waals surface area contributed by atoms with Crippen molar-refractivity contribution >= 4 is 5.97 Å². The third-order valence-electron chi connectivity index (χ3n) is 4.73. The second kappa shape index (κ2) is 7.51. The zero-order valence-corrected chi connectivity index (χ0v) is 14.2. The van der Waals surface area contributed by atoms with Gasteiger partial charge in [0.1, 0.15) is 5.75 Å². The fourth-order valence-electron chi connectivity index (χ4n) is 3.36. The van der Waals surface area contributed by atoms with Crippen molar-refractivity contribution in [3.8, 4) is 11.5 Å². The topological polar surface area (TPSA) is 81.4 Å². The summed E-state index contributed by atoms with van der Waals surface area (Å²) in [6.07, 6.45) is 6.14. The molecule has 1 N–H and O–H groups in total. The van der Waals surface area contributed by atoms with Crippen molar-refractivity contribution in [1.29, 1.82) is 0 Å².